The van der Waals surface area contributed by atoms with E-state index in [2.05, 4.69) is 4.98 Å². The molecule has 2 aromatic rings. The number of H-pyrrole nitrogens is 1. The van der Waals surface area contributed by atoms with E-state index in [0.29, 0.717) is 19.4 Å². The van der Waals surface area contributed by atoms with Crippen molar-refractivity contribution >= 4 is 29.0 Å². The third-order valence-corrected chi connectivity index (χ3v) is 6.09. The van der Waals surface area contributed by atoms with Gasteiger partial charge in [-0.1, -0.05) is 45.2 Å². The van der Waals surface area contributed by atoms with Gasteiger partial charge >= 0.3 is 5.69 Å². The van der Waals surface area contributed by atoms with Gasteiger partial charge in [0.1, 0.15) is 11.6 Å². The lowest BCUT2D eigenvalue weighted by molar-refractivity contribution is -0.124. The van der Waals surface area contributed by atoms with Crippen LogP contribution in [0.2, 0.25) is 0 Å². The fourth-order valence-corrected chi connectivity index (χ4v) is 4.23. The topological polar surface area (TPSA) is 121 Å². The third-order valence-electron chi connectivity index (χ3n) is 6.09. The first-order valence-electron chi connectivity index (χ1n) is 11.8. The van der Waals surface area contributed by atoms with Crippen molar-refractivity contribution in [1.82, 2.24) is 9.55 Å². The minimum Gasteiger partial charge on any atom is -0.383 e. The lowest BCUT2D eigenvalue weighted by Gasteiger charge is -2.27. The van der Waals surface area contributed by atoms with E-state index in [1.807, 2.05) is 13.8 Å². The monoisotopic (exact) mass is 473 g/mol. The van der Waals surface area contributed by atoms with Crippen molar-refractivity contribution in [2.75, 3.05) is 28.6 Å². The van der Waals surface area contributed by atoms with Crippen LogP contribution in [0.5, 0.6) is 0 Å². The highest BCUT2D eigenvalue weighted by molar-refractivity contribution is 6.05. The molecule has 3 rings (SSSR count). The van der Waals surface area contributed by atoms with Crippen LogP contribution < -0.4 is 26.8 Å². The SMILES string of the molecule is CCCCCN(C(=O)C1CC(=O)N(c2ccccc2F)C1)c1c(N)n(CCCC)c(=O)[nH]c1=O. The first kappa shape index (κ1) is 25.2. The van der Waals surface area contributed by atoms with Gasteiger partial charge in [-0.25, -0.2) is 9.18 Å². The molecule has 1 aromatic carbocycles. The van der Waals surface area contributed by atoms with Crippen LogP contribution in [0, 0.1) is 11.7 Å². The molecule has 34 heavy (non-hydrogen) atoms. The standard InChI is InChI=1S/C24H32FN5O4/c1-3-5-9-13-28(20-21(26)29(12-6-4-2)24(34)27-22(20)32)23(33)16-14-19(31)30(15-16)18-11-8-7-10-17(18)25/h7-8,10-11,16H,3-6,9,12-15,26H2,1-2H3,(H,27,32,34). The number of aromatic amines is 1. The molecule has 2 heterocycles. The second kappa shape index (κ2) is 11.1. The smallest absolute Gasteiger partial charge is 0.330 e. The Morgan fingerprint density at radius 1 is 1.15 bits per heavy atom. The predicted octanol–water partition coefficient (Wildman–Crippen LogP) is 2.63. The maximum atomic E-state index is 14.3. The normalized spacial score (nSPS) is 15.7. The van der Waals surface area contributed by atoms with E-state index in [9.17, 15) is 23.6 Å². The number of para-hydroxylation sites is 1. The quantitative estimate of drug-likeness (QED) is 0.514. The Morgan fingerprint density at radius 3 is 2.53 bits per heavy atom. The molecule has 1 saturated heterocycles. The Bertz CT molecular complexity index is 1160. The first-order chi connectivity index (χ1) is 16.3. The number of nitrogens with zero attached hydrogens (tertiary/aromatic N) is 3. The summed E-state index contributed by atoms with van der Waals surface area (Å²) in [6.45, 7) is 4.50. The van der Waals surface area contributed by atoms with E-state index in [1.165, 1.54) is 32.6 Å². The summed E-state index contributed by atoms with van der Waals surface area (Å²) in [5, 5.41) is 0. The summed E-state index contributed by atoms with van der Waals surface area (Å²) >= 11 is 0. The summed E-state index contributed by atoms with van der Waals surface area (Å²) in [5.41, 5.74) is 4.93. The molecule has 0 spiro atoms. The Labute approximate surface area is 197 Å². The Balaban J connectivity index is 1.96. The Hall–Kier alpha value is -3.43. The van der Waals surface area contributed by atoms with Gasteiger partial charge in [0.15, 0.2) is 5.69 Å². The number of rotatable bonds is 10. The lowest BCUT2D eigenvalue weighted by Crippen LogP contribution is -2.44. The zero-order valence-corrected chi connectivity index (χ0v) is 19.7. The van der Waals surface area contributed by atoms with Crippen LogP contribution in [0.4, 0.5) is 21.6 Å². The van der Waals surface area contributed by atoms with Crippen molar-refractivity contribution in [2.45, 2.75) is 58.9 Å². The summed E-state index contributed by atoms with van der Waals surface area (Å²) in [4.78, 5) is 56.3. The summed E-state index contributed by atoms with van der Waals surface area (Å²) in [5.74, 6) is -2.20. The average Bonchev–Trinajstić information content (AvgIpc) is 3.19. The fraction of sp³-hybridized carbons (Fsp3) is 0.500. The number of benzene rings is 1. The number of halogens is 1. The molecule has 0 bridgehead atoms. The Morgan fingerprint density at radius 2 is 1.85 bits per heavy atom. The van der Waals surface area contributed by atoms with Gasteiger partial charge in [-0.05, 0) is 25.0 Å². The van der Waals surface area contributed by atoms with Crippen molar-refractivity contribution < 1.29 is 14.0 Å². The van der Waals surface area contributed by atoms with E-state index in [4.69, 9.17) is 5.73 Å². The van der Waals surface area contributed by atoms with Crippen LogP contribution in [-0.2, 0) is 16.1 Å². The summed E-state index contributed by atoms with van der Waals surface area (Å²) in [6, 6.07) is 5.90. The number of nitrogens with one attached hydrogen (secondary N) is 1. The van der Waals surface area contributed by atoms with E-state index < -0.39 is 28.9 Å². The minimum absolute atomic E-state index is 0.00381. The summed E-state index contributed by atoms with van der Waals surface area (Å²) in [7, 11) is 0. The minimum atomic E-state index is -0.774. The molecule has 184 valence electrons. The van der Waals surface area contributed by atoms with Crippen molar-refractivity contribution in [2.24, 2.45) is 5.92 Å². The van der Waals surface area contributed by atoms with Gasteiger partial charge in [0.25, 0.3) is 5.56 Å². The number of hydrogen-bond donors (Lipinski definition) is 2. The van der Waals surface area contributed by atoms with Crippen molar-refractivity contribution in [3.63, 3.8) is 0 Å². The Kier molecular flexibility index (Phi) is 8.25. The zero-order chi connectivity index (χ0) is 24.8. The molecule has 3 N–H and O–H groups in total. The number of aromatic nitrogens is 2. The number of carbonyl (C=O) groups is 2. The van der Waals surface area contributed by atoms with Crippen molar-refractivity contribution in [3.8, 4) is 0 Å². The van der Waals surface area contributed by atoms with Crippen molar-refractivity contribution in [1.29, 1.82) is 0 Å². The number of amides is 2. The van der Waals surface area contributed by atoms with Crippen LogP contribution in [-0.4, -0.2) is 34.5 Å². The number of unbranched alkanes of at least 4 members (excludes halogenated alkanes) is 3. The molecule has 10 heteroatoms. The largest absolute Gasteiger partial charge is 0.383 e. The van der Waals surface area contributed by atoms with Gasteiger partial charge in [0, 0.05) is 26.1 Å². The number of nitrogen functional groups attached to an aromatic ring is 1. The summed E-state index contributed by atoms with van der Waals surface area (Å²) in [6.07, 6.45) is 3.72. The number of nitrogens with two attached hydrogens (primary N) is 1. The molecule has 1 aliphatic heterocycles. The molecule has 0 aliphatic carbocycles. The third kappa shape index (κ3) is 5.21. The molecular formula is C24H32FN5O4. The fourth-order valence-electron chi connectivity index (χ4n) is 4.23. The lowest BCUT2D eigenvalue weighted by atomic mass is 10.1. The van der Waals surface area contributed by atoms with Gasteiger partial charge in [-0.2, -0.15) is 0 Å². The zero-order valence-electron chi connectivity index (χ0n) is 19.7. The number of anilines is 3. The molecule has 1 atom stereocenters. The maximum absolute atomic E-state index is 14.3. The van der Waals surface area contributed by atoms with Gasteiger partial charge in [-0.15, -0.1) is 0 Å². The summed E-state index contributed by atoms with van der Waals surface area (Å²) < 4.78 is 15.5. The average molecular weight is 474 g/mol. The molecule has 1 aromatic heterocycles. The molecule has 0 radical (unpaired) electrons. The van der Waals surface area contributed by atoms with Gasteiger partial charge in [-0.3, -0.25) is 23.9 Å². The van der Waals surface area contributed by atoms with Gasteiger partial charge < -0.3 is 15.5 Å². The van der Waals surface area contributed by atoms with Gasteiger partial charge in [0.2, 0.25) is 11.8 Å². The number of carbonyl (C=O) groups excluding carboxylic acids is 2. The first-order valence-corrected chi connectivity index (χ1v) is 11.8. The van der Waals surface area contributed by atoms with Crippen molar-refractivity contribution in [3.05, 3.63) is 50.9 Å². The molecular weight excluding hydrogens is 441 g/mol. The maximum Gasteiger partial charge on any atom is 0.330 e. The molecule has 9 nitrogen and oxygen atoms in total. The van der Waals surface area contributed by atoms with E-state index in [-0.39, 0.29) is 42.6 Å². The van der Waals surface area contributed by atoms with Crippen LogP contribution in [0.3, 0.4) is 0 Å². The second-order valence-corrected chi connectivity index (χ2v) is 8.55. The van der Waals surface area contributed by atoms with Gasteiger partial charge in [0.05, 0.1) is 11.6 Å². The van der Waals surface area contributed by atoms with E-state index in [0.717, 1.165) is 19.3 Å². The molecule has 1 aliphatic rings. The predicted molar refractivity (Wildman–Crippen MR) is 129 cm³/mol. The van der Waals surface area contributed by atoms with Crippen LogP contribution in [0.1, 0.15) is 52.4 Å². The van der Waals surface area contributed by atoms with Crippen LogP contribution in [0.15, 0.2) is 33.9 Å². The molecule has 1 fully saturated rings. The molecule has 2 amide bonds. The highest BCUT2D eigenvalue weighted by atomic mass is 19.1. The van der Waals surface area contributed by atoms with Crippen LogP contribution in [0.25, 0.3) is 0 Å². The van der Waals surface area contributed by atoms with E-state index >= 15 is 0 Å². The van der Waals surface area contributed by atoms with Crippen LogP contribution >= 0.6 is 0 Å². The highest BCUT2D eigenvalue weighted by Gasteiger charge is 2.39. The second-order valence-electron chi connectivity index (χ2n) is 8.55. The molecule has 0 saturated carbocycles. The number of hydrogen-bond acceptors (Lipinski definition) is 5. The van der Waals surface area contributed by atoms with E-state index in [1.54, 1.807) is 6.07 Å². The molecule has 1 unspecified atom stereocenters. The highest BCUT2D eigenvalue weighted by Crippen LogP contribution is 2.30.